The maximum absolute atomic E-state index is 11.3. The Balaban J connectivity index is 2.10. The van der Waals surface area contributed by atoms with Crippen molar-refractivity contribution in [3.05, 3.63) is 22.4 Å². The van der Waals surface area contributed by atoms with Crippen molar-refractivity contribution in [1.82, 2.24) is 0 Å². The summed E-state index contributed by atoms with van der Waals surface area (Å²) >= 11 is 1.38. The van der Waals surface area contributed by atoms with Gasteiger partial charge in [-0.2, -0.15) is 0 Å². The number of aliphatic hydroxyl groups excluding tert-OH is 1. The molecule has 1 aromatic heterocycles. The molecular weight excluding hydrogens is 200 g/mol. The van der Waals surface area contributed by atoms with Gasteiger partial charge in [-0.1, -0.05) is 6.07 Å². The van der Waals surface area contributed by atoms with E-state index < -0.39 is 0 Å². The highest BCUT2D eigenvalue weighted by Crippen LogP contribution is 2.10. The molecule has 0 radical (unpaired) electrons. The number of carbonyl (C=O) groups excluding carboxylic acids is 1. The van der Waals surface area contributed by atoms with Crippen molar-refractivity contribution in [2.24, 2.45) is 0 Å². The molecule has 0 unspecified atom stereocenters. The van der Waals surface area contributed by atoms with E-state index in [1.165, 1.54) is 11.3 Å². The molecule has 0 spiro atoms. The largest absolute Gasteiger partial charge is 0.462 e. The van der Waals surface area contributed by atoms with Crippen molar-refractivity contribution >= 4 is 17.3 Å². The molecule has 14 heavy (non-hydrogen) atoms. The van der Waals surface area contributed by atoms with Crippen molar-refractivity contribution in [3.63, 3.8) is 0 Å². The Hall–Kier alpha value is -0.870. The molecule has 1 N–H and O–H groups in total. The smallest absolute Gasteiger partial charge is 0.348 e. The molecule has 0 saturated carbocycles. The summed E-state index contributed by atoms with van der Waals surface area (Å²) in [6.45, 7) is 0.648. The highest BCUT2D eigenvalue weighted by atomic mass is 32.1. The molecular formula is C10H14O3S. The first-order chi connectivity index (χ1) is 6.84. The summed E-state index contributed by atoms with van der Waals surface area (Å²) in [7, 11) is 0. The third-order valence-electron chi connectivity index (χ3n) is 1.76. The summed E-state index contributed by atoms with van der Waals surface area (Å²) in [5, 5.41) is 10.4. The van der Waals surface area contributed by atoms with Crippen LogP contribution in [0.15, 0.2) is 17.5 Å². The lowest BCUT2D eigenvalue weighted by Crippen LogP contribution is -2.04. The van der Waals surface area contributed by atoms with Crippen molar-refractivity contribution in [3.8, 4) is 0 Å². The Morgan fingerprint density at radius 1 is 1.43 bits per heavy atom. The second-order valence-corrected chi connectivity index (χ2v) is 3.85. The van der Waals surface area contributed by atoms with Gasteiger partial charge in [0.25, 0.3) is 0 Å². The minimum Gasteiger partial charge on any atom is -0.462 e. The number of hydrogen-bond acceptors (Lipinski definition) is 4. The summed E-state index contributed by atoms with van der Waals surface area (Å²) in [6.07, 6.45) is 2.49. The van der Waals surface area contributed by atoms with E-state index in [2.05, 4.69) is 0 Å². The van der Waals surface area contributed by atoms with Crippen LogP contribution >= 0.6 is 11.3 Å². The van der Waals surface area contributed by atoms with Crippen molar-refractivity contribution in [1.29, 1.82) is 0 Å². The third kappa shape index (κ3) is 3.89. The molecule has 0 aliphatic rings. The first-order valence-electron chi connectivity index (χ1n) is 4.66. The minimum atomic E-state index is -0.246. The predicted molar refractivity (Wildman–Crippen MR) is 55.5 cm³/mol. The molecule has 0 saturated heterocycles. The van der Waals surface area contributed by atoms with E-state index in [0.29, 0.717) is 11.5 Å². The first kappa shape index (κ1) is 11.2. The molecule has 1 heterocycles. The average molecular weight is 214 g/mol. The fourth-order valence-corrected chi connectivity index (χ4v) is 1.64. The molecule has 0 aliphatic carbocycles. The van der Waals surface area contributed by atoms with Gasteiger partial charge in [0, 0.05) is 6.61 Å². The van der Waals surface area contributed by atoms with E-state index in [0.717, 1.165) is 19.3 Å². The molecule has 78 valence electrons. The van der Waals surface area contributed by atoms with Crippen LogP contribution < -0.4 is 0 Å². The van der Waals surface area contributed by atoms with Crippen LogP contribution in [0.25, 0.3) is 0 Å². The van der Waals surface area contributed by atoms with Crippen molar-refractivity contribution in [2.45, 2.75) is 19.3 Å². The Morgan fingerprint density at radius 3 is 2.93 bits per heavy atom. The SMILES string of the molecule is O=C(OCCCCCO)c1cccs1. The van der Waals surface area contributed by atoms with E-state index in [4.69, 9.17) is 9.84 Å². The molecule has 0 aromatic carbocycles. The fourth-order valence-electron chi connectivity index (χ4n) is 1.02. The van der Waals surface area contributed by atoms with E-state index in [-0.39, 0.29) is 12.6 Å². The maximum atomic E-state index is 11.3. The topological polar surface area (TPSA) is 46.5 Å². The lowest BCUT2D eigenvalue weighted by atomic mass is 10.2. The summed E-state index contributed by atoms with van der Waals surface area (Å²) in [5.41, 5.74) is 0. The summed E-state index contributed by atoms with van der Waals surface area (Å²) in [4.78, 5) is 11.9. The van der Waals surface area contributed by atoms with E-state index in [9.17, 15) is 4.79 Å². The zero-order valence-electron chi connectivity index (χ0n) is 7.94. The number of ether oxygens (including phenoxy) is 1. The van der Waals surface area contributed by atoms with Gasteiger partial charge in [-0.05, 0) is 30.7 Å². The molecule has 1 aromatic rings. The van der Waals surface area contributed by atoms with Crippen LogP contribution in [0, 0.1) is 0 Å². The lowest BCUT2D eigenvalue weighted by molar-refractivity contribution is 0.0502. The Bertz CT molecular complexity index is 256. The highest BCUT2D eigenvalue weighted by molar-refractivity contribution is 7.11. The van der Waals surface area contributed by atoms with Crippen LogP contribution in [0.1, 0.15) is 28.9 Å². The normalized spacial score (nSPS) is 10.1. The minimum absolute atomic E-state index is 0.207. The molecule has 0 atom stereocenters. The van der Waals surface area contributed by atoms with Crippen molar-refractivity contribution in [2.75, 3.05) is 13.2 Å². The van der Waals surface area contributed by atoms with Gasteiger partial charge in [0.2, 0.25) is 0 Å². The number of aliphatic hydroxyl groups is 1. The van der Waals surface area contributed by atoms with Gasteiger partial charge in [0.1, 0.15) is 4.88 Å². The number of rotatable bonds is 6. The quantitative estimate of drug-likeness (QED) is 0.582. The zero-order valence-corrected chi connectivity index (χ0v) is 8.76. The monoisotopic (exact) mass is 214 g/mol. The maximum Gasteiger partial charge on any atom is 0.348 e. The van der Waals surface area contributed by atoms with Crippen LogP contribution in [-0.2, 0) is 4.74 Å². The van der Waals surface area contributed by atoms with Gasteiger partial charge in [-0.3, -0.25) is 0 Å². The number of unbranched alkanes of at least 4 members (excludes halogenated alkanes) is 2. The van der Waals surface area contributed by atoms with Crippen LogP contribution in [0.3, 0.4) is 0 Å². The highest BCUT2D eigenvalue weighted by Gasteiger charge is 2.06. The molecule has 1 rings (SSSR count). The summed E-state index contributed by atoms with van der Waals surface area (Å²) < 4.78 is 5.02. The summed E-state index contributed by atoms with van der Waals surface area (Å²) in [5.74, 6) is -0.246. The van der Waals surface area contributed by atoms with Gasteiger partial charge in [0.15, 0.2) is 0 Å². The Kier molecular flexibility index (Phi) is 5.25. The lowest BCUT2D eigenvalue weighted by Gasteiger charge is -2.01. The molecule has 0 fully saturated rings. The predicted octanol–water partition coefficient (Wildman–Crippen LogP) is 2.07. The second-order valence-electron chi connectivity index (χ2n) is 2.90. The molecule has 3 nitrogen and oxygen atoms in total. The van der Waals surface area contributed by atoms with Crippen molar-refractivity contribution < 1.29 is 14.6 Å². The van der Waals surface area contributed by atoms with Gasteiger partial charge in [-0.15, -0.1) is 11.3 Å². The fraction of sp³-hybridized carbons (Fsp3) is 0.500. The third-order valence-corrected chi connectivity index (χ3v) is 2.61. The first-order valence-corrected chi connectivity index (χ1v) is 5.54. The van der Waals surface area contributed by atoms with E-state index in [1.807, 2.05) is 11.4 Å². The molecule has 0 bridgehead atoms. The zero-order chi connectivity index (χ0) is 10.2. The van der Waals surface area contributed by atoms with Crippen LogP contribution in [0.4, 0.5) is 0 Å². The van der Waals surface area contributed by atoms with Gasteiger partial charge < -0.3 is 9.84 Å². The Labute approximate surface area is 87.3 Å². The molecule has 4 heteroatoms. The number of carbonyl (C=O) groups is 1. The van der Waals surface area contributed by atoms with E-state index >= 15 is 0 Å². The second kappa shape index (κ2) is 6.56. The number of esters is 1. The number of thiophene rings is 1. The summed E-state index contributed by atoms with van der Waals surface area (Å²) in [6, 6.07) is 3.58. The van der Waals surface area contributed by atoms with Gasteiger partial charge in [-0.25, -0.2) is 4.79 Å². The van der Waals surface area contributed by atoms with Crippen LogP contribution in [0.2, 0.25) is 0 Å². The molecule has 0 aliphatic heterocycles. The standard InChI is InChI=1S/C10H14O3S/c11-6-2-1-3-7-13-10(12)9-5-4-8-14-9/h4-5,8,11H,1-3,6-7H2. The number of hydrogen-bond donors (Lipinski definition) is 1. The van der Waals surface area contributed by atoms with Crippen LogP contribution in [0.5, 0.6) is 0 Å². The molecule has 0 amide bonds. The van der Waals surface area contributed by atoms with Gasteiger partial charge in [0.05, 0.1) is 6.61 Å². The van der Waals surface area contributed by atoms with Gasteiger partial charge >= 0.3 is 5.97 Å². The Morgan fingerprint density at radius 2 is 2.29 bits per heavy atom. The van der Waals surface area contributed by atoms with Crippen LogP contribution in [-0.4, -0.2) is 24.3 Å². The van der Waals surface area contributed by atoms with E-state index in [1.54, 1.807) is 6.07 Å². The average Bonchev–Trinajstić information content (AvgIpc) is 2.70.